The average molecular weight is 529 g/mol. The maximum Gasteiger partial charge on any atom is 0.161 e. The highest BCUT2D eigenvalue weighted by atomic mass is 15.0. The van der Waals surface area contributed by atoms with Gasteiger partial charge in [-0.25, -0.2) is 9.97 Å². The fourth-order valence-corrected chi connectivity index (χ4v) is 5.52. The van der Waals surface area contributed by atoms with E-state index in [1.54, 1.807) is 24.3 Å². The Balaban J connectivity index is 1.37. The molecule has 0 amide bonds. The van der Waals surface area contributed by atoms with Crippen LogP contribution in [0.1, 0.15) is 12.4 Å². The lowest BCUT2D eigenvalue weighted by Crippen LogP contribution is -2.00. The standard InChI is InChI=1S/C36H21N5/c37-22-26-19-27(41-32-15-7-6-13-29(32)30-20-24-11-4-5-12-25(24)21-33(30)41)16-17-28(26)36-39-31-14-8-18-38-35(31)34(40-36)23-9-2-1-3-10-23/h1-21H/i1D,2D,3D,9D,10D. The molecular formula is C36H21N5. The number of rotatable bonds is 3. The van der Waals surface area contributed by atoms with Crippen LogP contribution in [-0.4, -0.2) is 19.5 Å². The first-order valence-electron chi connectivity index (χ1n) is 15.5. The minimum Gasteiger partial charge on any atom is -0.309 e. The largest absolute Gasteiger partial charge is 0.309 e. The van der Waals surface area contributed by atoms with Crippen LogP contribution in [0, 0.1) is 11.3 Å². The maximum atomic E-state index is 10.4. The Kier molecular flexibility index (Phi) is 4.10. The number of aromatic nitrogens is 4. The van der Waals surface area contributed by atoms with E-state index >= 15 is 0 Å². The highest BCUT2D eigenvalue weighted by Gasteiger charge is 2.18. The van der Waals surface area contributed by atoms with E-state index in [9.17, 15) is 5.26 Å². The lowest BCUT2D eigenvalue weighted by molar-refractivity contribution is 1.17. The monoisotopic (exact) mass is 528 g/mol. The molecular weight excluding hydrogens is 502 g/mol. The van der Waals surface area contributed by atoms with E-state index in [1.807, 2.05) is 30.3 Å². The zero-order chi connectivity index (χ0) is 31.7. The van der Waals surface area contributed by atoms with E-state index < -0.39 is 30.2 Å². The number of para-hydroxylation sites is 1. The van der Waals surface area contributed by atoms with Crippen LogP contribution in [-0.2, 0) is 0 Å². The smallest absolute Gasteiger partial charge is 0.161 e. The van der Waals surface area contributed by atoms with Gasteiger partial charge in [-0.15, -0.1) is 0 Å². The van der Waals surface area contributed by atoms with Gasteiger partial charge < -0.3 is 4.57 Å². The Hall–Kier alpha value is -5.86. The molecule has 0 N–H and O–H groups in total. The van der Waals surface area contributed by atoms with Crippen molar-refractivity contribution in [2.45, 2.75) is 0 Å². The first kappa shape index (κ1) is 18.4. The van der Waals surface area contributed by atoms with Crippen molar-refractivity contribution >= 4 is 43.6 Å². The Morgan fingerprint density at radius 3 is 2.39 bits per heavy atom. The van der Waals surface area contributed by atoms with Crippen LogP contribution < -0.4 is 0 Å². The van der Waals surface area contributed by atoms with Crippen molar-refractivity contribution < 1.29 is 6.85 Å². The van der Waals surface area contributed by atoms with Crippen LogP contribution in [0.25, 0.3) is 71.9 Å². The van der Waals surface area contributed by atoms with Gasteiger partial charge in [-0.05, 0) is 59.3 Å². The number of hydrogen-bond acceptors (Lipinski definition) is 4. The summed E-state index contributed by atoms with van der Waals surface area (Å²) in [6.07, 6.45) is 1.54. The number of nitriles is 1. The van der Waals surface area contributed by atoms with Crippen LogP contribution in [0.3, 0.4) is 0 Å². The fourth-order valence-electron chi connectivity index (χ4n) is 5.52. The third-order valence-corrected chi connectivity index (χ3v) is 7.35. The molecule has 5 nitrogen and oxygen atoms in total. The van der Waals surface area contributed by atoms with Crippen LogP contribution in [0.5, 0.6) is 0 Å². The maximum absolute atomic E-state index is 10.4. The Labute approximate surface area is 242 Å². The lowest BCUT2D eigenvalue weighted by atomic mass is 10.0. The van der Waals surface area contributed by atoms with Crippen molar-refractivity contribution in [1.82, 2.24) is 19.5 Å². The summed E-state index contributed by atoms with van der Waals surface area (Å²) in [6.45, 7) is 0. The number of nitrogens with zero attached hydrogens (tertiary/aromatic N) is 5. The van der Waals surface area contributed by atoms with Gasteiger partial charge in [0, 0.05) is 33.8 Å². The lowest BCUT2D eigenvalue weighted by Gasteiger charge is -2.12. The molecule has 0 spiro atoms. The molecule has 3 heterocycles. The van der Waals surface area contributed by atoms with Gasteiger partial charge in [-0.3, -0.25) is 4.98 Å². The summed E-state index contributed by atoms with van der Waals surface area (Å²) >= 11 is 0. The summed E-state index contributed by atoms with van der Waals surface area (Å²) in [7, 11) is 0. The summed E-state index contributed by atoms with van der Waals surface area (Å²) in [4.78, 5) is 13.8. The first-order valence-corrected chi connectivity index (χ1v) is 13.0. The molecule has 0 unspecified atom stereocenters. The Morgan fingerprint density at radius 2 is 1.54 bits per heavy atom. The zero-order valence-electron chi connectivity index (χ0n) is 26.5. The first-order chi connectivity index (χ1) is 22.4. The van der Waals surface area contributed by atoms with Gasteiger partial charge in [0.1, 0.15) is 11.2 Å². The molecule has 8 rings (SSSR count). The van der Waals surface area contributed by atoms with Crippen molar-refractivity contribution in [2.75, 3.05) is 0 Å². The van der Waals surface area contributed by atoms with Gasteiger partial charge >= 0.3 is 0 Å². The van der Waals surface area contributed by atoms with E-state index in [0.717, 1.165) is 38.3 Å². The summed E-state index contributed by atoms with van der Waals surface area (Å²) in [5, 5.41) is 14.9. The molecule has 8 aromatic rings. The van der Waals surface area contributed by atoms with Crippen LogP contribution in [0.2, 0.25) is 0 Å². The summed E-state index contributed by atoms with van der Waals surface area (Å²) < 4.78 is 43.7. The van der Waals surface area contributed by atoms with Crippen molar-refractivity contribution in [3.63, 3.8) is 0 Å². The van der Waals surface area contributed by atoms with Gasteiger partial charge in [-0.1, -0.05) is 72.7 Å². The zero-order valence-corrected chi connectivity index (χ0v) is 21.5. The highest BCUT2D eigenvalue weighted by Crippen LogP contribution is 2.36. The third kappa shape index (κ3) is 3.66. The summed E-state index contributed by atoms with van der Waals surface area (Å²) in [6, 6.07) is 29.8. The van der Waals surface area contributed by atoms with E-state index in [1.165, 1.54) is 6.20 Å². The fraction of sp³-hybridized carbons (Fsp3) is 0. The van der Waals surface area contributed by atoms with E-state index in [-0.39, 0.29) is 22.6 Å². The molecule has 0 atom stereocenters. The Morgan fingerprint density at radius 1 is 0.732 bits per heavy atom. The second kappa shape index (κ2) is 9.11. The Bertz CT molecular complexity index is 2590. The van der Waals surface area contributed by atoms with Crippen molar-refractivity contribution in [3.8, 4) is 34.4 Å². The molecule has 190 valence electrons. The van der Waals surface area contributed by atoms with Crippen LogP contribution >= 0.6 is 0 Å². The second-order valence-corrected chi connectivity index (χ2v) is 9.68. The van der Waals surface area contributed by atoms with Crippen LogP contribution in [0.4, 0.5) is 0 Å². The van der Waals surface area contributed by atoms with E-state index in [0.29, 0.717) is 16.6 Å². The molecule has 0 radical (unpaired) electrons. The molecule has 0 saturated carbocycles. The van der Waals surface area contributed by atoms with Crippen LogP contribution in [0.15, 0.2) is 127 Å². The molecule has 0 bridgehead atoms. The number of hydrogen-bond donors (Lipinski definition) is 0. The van der Waals surface area contributed by atoms with Gasteiger partial charge in [0.05, 0.1) is 35.0 Å². The topological polar surface area (TPSA) is 67.4 Å². The van der Waals surface area contributed by atoms with Gasteiger partial charge in [0.2, 0.25) is 0 Å². The van der Waals surface area contributed by atoms with E-state index in [4.69, 9.17) is 16.8 Å². The van der Waals surface area contributed by atoms with Gasteiger partial charge in [0.15, 0.2) is 5.82 Å². The van der Waals surface area contributed by atoms with Crippen molar-refractivity contribution in [3.05, 3.63) is 133 Å². The quantitative estimate of drug-likeness (QED) is 0.231. The highest BCUT2D eigenvalue weighted by molar-refractivity contribution is 6.13. The molecule has 5 heteroatoms. The third-order valence-electron chi connectivity index (χ3n) is 7.35. The number of benzene rings is 5. The molecule has 0 aliphatic carbocycles. The number of fused-ring (bicyclic) bond motifs is 5. The number of pyridine rings is 1. The van der Waals surface area contributed by atoms with Gasteiger partial charge in [0.25, 0.3) is 0 Å². The normalized spacial score (nSPS) is 13.1. The van der Waals surface area contributed by atoms with Gasteiger partial charge in [-0.2, -0.15) is 5.26 Å². The molecule has 3 aromatic heterocycles. The SMILES string of the molecule is [2H]c1c([2H])c([2H])c(-c2nc(-c3ccc(-n4c5ccccc5c5cc6ccccc6cc54)cc3C#N)nc3cccnc23)c([2H])c1[2H]. The van der Waals surface area contributed by atoms with E-state index in [2.05, 4.69) is 52.0 Å². The molecule has 41 heavy (non-hydrogen) atoms. The molecule has 0 aliphatic heterocycles. The molecule has 0 fully saturated rings. The van der Waals surface area contributed by atoms with Crippen molar-refractivity contribution in [2.24, 2.45) is 0 Å². The predicted octanol–water partition coefficient (Wildman–Crippen LogP) is 8.48. The minimum absolute atomic E-state index is 0.0778. The second-order valence-electron chi connectivity index (χ2n) is 9.68. The average Bonchev–Trinajstić information content (AvgIpc) is 3.41. The summed E-state index contributed by atoms with van der Waals surface area (Å²) in [5.41, 5.74) is 4.28. The molecule has 0 saturated heterocycles. The minimum atomic E-state index is -0.495. The predicted molar refractivity (Wildman–Crippen MR) is 165 cm³/mol. The molecule has 5 aromatic carbocycles. The molecule has 0 aliphatic rings. The van der Waals surface area contributed by atoms with Crippen molar-refractivity contribution in [1.29, 1.82) is 5.26 Å². The summed E-state index contributed by atoms with van der Waals surface area (Å²) in [5.74, 6) is 0.179.